The first-order chi connectivity index (χ1) is 5.84. The number of aliphatic imine (C=N–C) groups is 1. The van der Waals surface area contributed by atoms with E-state index in [4.69, 9.17) is 0 Å². The lowest BCUT2D eigenvalue weighted by atomic mass is 10.3. The summed E-state index contributed by atoms with van der Waals surface area (Å²) in [6.45, 7) is 3.23. The molecule has 1 heterocycles. The molecule has 0 radical (unpaired) electrons. The van der Waals surface area contributed by atoms with Crippen LogP contribution in [0.15, 0.2) is 4.99 Å². The van der Waals surface area contributed by atoms with Crippen molar-refractivity contribution in [3.8, 4) is 0 Å². The predicted molar refractivity (Wildman–Crippen MR) is 54.7 cm³/mol. The zero-order chi connectivity index (χ0) is 8.39. The van der Waals surface area contributed by atoms with Gasteiger partial charge in [-0.05, 0) is 12.8 Å². The molecule has 0 bridgehead atoms. The van der Waals surface area contributed by atoms with Gasteiger partial charge in [-0.25, -0.2) is 0 Å². The van der Waals surface area contributed by atoms with Gasteiger partial charge in [0, 0.05) is 11.3 Å². The van der Waals surface area contributed by atoms with Crippen LogP contribution < -0.4 is 5.32 Å². The fourth-order valence-electron chi connectivity index (χ4n) is 1.80. The molecule has 0 aromatic heterocycles. The van der Waals surface area contributed by atoms with E-state index in [0.29, 0.717) is 5.25 Å². The van der Waals surface area contributed by atoms with Gasteiger partial charge in [-0.3, -0.25) is 4.99 Å². The minimum absolute atomic E-state index is 0.689. The van der Waals surface area contributed by atoms with E-state index < -0.39 is 0 Å². The maximum absolute atomic E-state index is 4.45. The molecule has 0 aromatic carbocycles. The third-order valence-electron chi connectivity index (χ3n) is 2.49. The summed E-state index contributed by atoms with van der Waals surface area (Å²) in [4.78, 5) is 4.45. The van der Waals surface area contributed by atoms with E-state index in [1.54, 1.807) is 0 Å². The average molecular weight is 184 g/mol. The summed E-state index contributed by atoms with van der Waals surface area (Å²) in [7, 11) is 0. The molecule has 2 nitrogen and oxygen atoms in total. The Hall–Kier alpha value is -0.180. The Labute approximate surface area is 78.2 Å². The molecular formula is C9H16N2S. The summed E-state index contributed by atoms with van der Waals surface area (Å²) < 4.78 is 0. The van der Waals surface area contributed by atoms with Crippen molar-refractivity contribution in [1.29, 1.82) is 0 Å². The van der Waals surface area contributed by atoms with Gasteiger partial charge in [0.05, 0.1) is 6.54 Å². The Balaban J connectivity index is 1.79. The van der Waals surface area contributed by atoms with E-state index >= 15 is 0 Å². The van der Waals surface area contributed by atoms with Crippen molar-refractivity contribution in [2.24, 2.45) is 4.99 Å². The lowest BCUT2D eigenvalue weighted by Crippen LogP contribution is -2.29. The molecule has 0 spiro atoms. The second kappa shape index (κ2) is 3.69. The molecule has 1 saturated carbocycles. The van der Waals surface area contributed by atoms with Gasteiger partial charge in [0.15, 0.2) is 5.17 Å². The molecule has 0 saturated heterocycles. The van der Waals surface area contributed by atoms with E-state index in [-0.39, 0.29) is 0 Å². The highest BCUT2D eigenvalue weighted by atomic mass is 32.2. The summed E-state index contributed by atoms with van der Waals surface area (Å²) in [6.07, 6.45) is 5.47. The highest BCUT2D eigenvalue weighted by Crippen LogP contribution is 2.23. The molecule has 3 heteroatoms. The molecular weight excluding hydrogens is 168 g/mol. The van der Waals surface area contributed by atoms with Crippen LogP contribution in [-0.2, 0) is 0 Å². The Morgan fingerprint density at radius 1 is 1.42 bits per heavy atom. The third-order valence-corrected chi connectivity index (χ3v) is 3.51. The first-order valence-electron chi connectivity index (χ1n) is 4.82. The van der Waals surface area contributed by atoms with Crippen molar-refractivity contribution in [3.63, 3.8) is 0 Å². The molecule has 1 N–H and O–H groups in total. The van der Waals surface area contributed by atoms with Crippen molar-refractivity contribution in [1.82, 2.24) is 5.32 Å². The fraction of sp³-hybridized carbons (Fsp3) is 0.889. The van der Waals surface area contributed by atoms with Crippen LogP contribution in [0.4, 0.5) is 0 Å². The Kier molecular flexibility index (Phi) is 2.59. The van der Waals surface area contributed by atoms with Crippen molar-refractivity contribution in [2.45, 2.75) is 43.9 Å². The summed E-state index contributed by atoms with van der Waals surface area (Å²) in [5, 5.41) is 5.40. The van der Waals surface area contributed by atoms with Gasteiger partial charge in [-0.15, -0.1) is 0 Å². The van der Waals surface area contributed by atoms with Crippen LogP contribution in [0.5, 0.6) is 0 Å². The smallest absolute Gasteiger partial charge is 0.157 e. The minimum atomic E-state index is 0.689. The van der Waals surface area contributed by atoms with Crippen LogP contribution in [0.3, 0.4) is 0 Å². The van der Waals surface area contributed by atoms with Crippen molar-refractivity contribution >= 4 is 16.9 Å². The molecule has 12 heavy (non-hydrogen) atoms. The summed E-state index contributed by atoms with van der Waals surface area (Å²) >= 11 is 1.89. The minimum Gasteiger partial charge on any atom is -0.362 e. The molecule has 1 aliphatic carbocycles. The van der Waals surface area contributed by atoms with Gasteiger partial charge < -0.3 is 5.32 Å². The van der Waals surface area contributed by atoms with E-state index in [1.165, 1.54) is 30.9 Å². The van der Waals surface area contributed by atoms with Crippen LogP contribution >= 0.6 is 11.8 Å². The summed E-state index contributed by atoms with van der Waals surface area (Å²) in [5.41, 5.74) is 0. The molecule has 68 valence electrons. The monoisotopic (exact) mass is 184 g/mol. The second-order valence-corrected chi connectivity index (χ2v) is 5.13. The quantitative estimate of drug-likeness (QED) is 0.674. The number of thioether (sulfide) groups is 1. The van der Waals surface area contributed by atoms with Gasteiger partial charge in [-0.1, -0.05) is 31.5 Å². The van der Waals surface area contributed by atoms with Gasteiger partial charge in [0.2, 0.25) is 0 Å². The largest absolute Gasteiger partial charge is 0.362 e. The van der Waals surface area contributed by atoms with Gasteiger partial charge >= 0.3 is 0 Å². The molecule has 0 amide bonds. The standard InChI is InChI=1S/C9H16N2S/c1-7-6-10-9(12-7)11-8-4-2-3-5-8/h7-8H,2-6H2,1H3,(H,10,11). The van der Waals surface area contributed by atoms with Gasteiger partial charge in [0.1, 0.15) is 0 Å². The Bertz CT molecular complexity index is 185. The normalized spacial score (nSPS) is 30.8. The maximum Gasteiger partial charge on any atom is 0.157 e. The SMILES string of the molecule is CC1CN=C(NC2CCCC2)S1. The molecule has 0 aromatic rings. The van der Waals surface area contributed by atoms with E-state index in [1.807, 2.05) is 11.8 Å². The molecule has 2 aliphatic rings. The van der Waals surface area contributed by atoms with Crippen LogP contribution in [0.2, 0.25) is 0 Å². The molecule has 1 fully saturated rings. The lowest BCUT2D eigenvalue weighted by molar-refractivity contribution is 0.635. The van der Waals surface area contributed by atoms with Crippen LogP contribution in [-0.4, -0.2) is 23.0 Å². The highest BCUT2D eigenvalue weighted by Gasteiger charge is 2.20. The van der Waals surface area contributed by atoms with Gasteiger partial charge in [0.25, 0.3) is 0 Å². The first kappa shape index (κ1) is 8.42. The van der Waals surface area contributed by atoms with Crippen molar-refractivity contribution in [2.75, 3.05) is 6.54 Å². The predicted octanol–water partition coefficient (Wildman–Crippen LogP) is 2.01. The Morgan fingerprint density at radius 3 is 2.75 bits per heavy atom. The maximum atomic E-state index is 4.45. The second-order valence-electron chi connectivity index (χ2n) is 3.70. The number of nitrogens with zero attached hydrogens (tertiary/aromatic N) is 1. The number of amidine groups is 1. The average Bonchev–Trinajstić information content (AvgIpc) is 2.63. The molecule has 1 unspecified atom stereocenters. The van der Waals surface area contributed by atoms with Crippen molar-refractivity contribution in [3.05, 3.63) is 0 Å². The molecule has 2 rings (SSSR count). The van der Waals surface area contributed by atoms with Crippen LogP contribution in [0, 0.1) is 0 Å². The first-order valence-corrected chi connectivity index (χ1v) is 5.70. The number of rotatable bonds is 1. The van der Waals surface area contributed by atoms with E-state index in [2.05, 4.69) is 17.2 Å². The van der Waals surface area contributed by atoms with Crippen molar-refractivity contribution < 1.29 is 0 Å². The number of hydrogen-bond donors (Lipinski definition) is 1. The van der Waals surface area contributed by atoms with Gasteiger partial charge in [-0.2, -0.15) is 0 Å². The lowest BCUT2D eigenvalue weighted by Gasteiger charge is -2.12. The Morgan fingerprint density at radius 2 is 2.17 bits per heavy atom. The fourth-order valence-corrected chi connectivity index (χ4v) is 2.71. The molecule has 1 atom stereocenters. The van der Waals surface area contributed by atoms with E-state index in [9.17, 15) is 0 Å². The highest BCUT2D eigenvalue weighted by molar-refractivity contribution is 8.14. The number of hydrogen-bond acceptors (Lipinski definition) is 3. The summed E-state index contributed by atoms with van der Waals surface area (Å²) in [5.74, 6) is 0. The van der Waals surface area contributed by atoms with E-state index in [0.717, 1.165) is 12.6 Å². The third kappa shape index (κ3) is 1.94. The number of nitrogens with one attached hydrogen (secondary N) is 1. The van der Waals surface area contributed by atoms with Crippen LogP contribution in [0.1, 0.15) is 32.6 Å². The van der Waals surface area contributed by atoms with Crippen LogP contribution in [0.25, 0.3) is 0 Å². The topological polar surface area (TPSA) is 24.4 Å². The molecule has 1 aliphatic heterocycles. The summed E-state index contributed by atoms with van der Waals surface area (Å²) in [6, 6.07) is 0.724. The zero-order valence-electron chi connectivity index (χ0n) is 7.55. The zero-order valence-corrected chi connectivity index (χ0v) is 8.36.